The van der Waals surface area contributed by atoms with Gasteiger partial charge in [-0.05, 0) is 85.3 Å². The molecule has 0 amide bonds. The third-order valence-corrected chi connectivity index (χ3v) is 7.34. The van der Waals surface area contributed by atoms with E-state index >= 15 is 0 Å². The highest BCUT2D eigenvalue weighted by atomic mass is 14.8. The third-order valence-electron chi connectivity index (χ3n) is 7.34. The molecule has 36 heavy (non-hydrogen) atoms. The molecule has 6 aromatic rings. The molecule has 0 N–H and O–H groups in total. The first-order valence-electron chi connectivity index (χ1n) is 12.6. The first-order chi connectivity index (χ1) is 17.3. The summed E-state index contributed by atoms with van der Waals surface area (Å²) in [6.45, 7) is 12.9. The van der Waals surface area contributed by atoms with Crippen molar-refractivity contribution in [1.82, 2.24) is 0 Å². The molecule has 0 atom stereocenters. The highest BCUT2D eigenvalue weighted by molar-refractivity contribution is 6.22. The van der Waals surface area contributed by atoms with Crippen LogP contribution in [0.5, 0.6) is 0 Å². The first kappa shape index (κ1) is 22.4. The molecule has 0 spiro atoms. The topological polar surface area (TPSA) is 24.7 Å². The zero-order valence-electron chi connectivity index (χ0n) is 21.8. The molecule has 0 aliphatic rings. The Bertz CT molecular complexity index is 1750. The highest BCUT2D eigenvalue weighted by Crippen LogP contribution is 2.33. The first-order valence-corrected chi connectivity index (χ1v) is 12.6. The van der Waals surface area contributed by atoms with Gasteiger partial charge in [-0.1, -0.05) is 83.9 Å². The molecule has 0 saturated heterocycles. The Morgan fingerprint density at radius 2 is 0.806 bits per heavy atom. The zero-order valence-corrected chi connectivity index (χ0v) is 21.8. The van der Waals surface area contributed by atoms with Gasteiger partial charge in [-0.15, -0.1) is 0 Å². The van der Waals surface area contributed by atoms with Crippen LogP contribution in [0.1, 0.15) is 33.4 Å². The van der Waals surface area contributed by atoms with Gasteiger partial charge in [-0.2, -0.15) is 0 Å². The molecule has 0 fully saturated rings. The van der Waals surface area contributed by atoms with Crippen molar-refractivity contribution in [2.45, 2.75) is 41.5 Å². The Morgan fingerprint density at radius 3 is 1.17 bits per heavy atom. The molecule has 2 heteroatoms. The molecular weight excluding hydrogens is 436 g/mol. The van der Waals surface area contributed by atoms with E-state index in [1.165, 1.54) is 54.9 Å². The molecule has 176 valence electrons. The van der Waals surface area contributed by atoms with Crippen LogP contribution in [0.3, 0.4) is 0 Å². The van der Waals surface area contributed by atoms with Crippen molar-refractivity contribution in [1.29, 1.82) is 0 Å². The molecule has 6 rings (SSSR count). The molecule has 0 unspecified atom stereocenters. The number of hydrogen-bond donors (Lipinski definition) is 0. The van der Waals surface area contributed by atoms with Crippen LogP contribution in [0.2, 0.25) is 0 Å². The molecule has 0 radical (unpaired) electrons. The Morgan fingerprint density at radius 1 is 0.444 bits per heavy atom. The van der Waals surface area contributed by atoms with Gasteiger partial charge >= 0.3 is 0 Å². The summed E-state index contributed by atoms with van der Waals surface area (Å²) >= 11 is 0. The maximum atomic E-state index is 5.41. The van der Waals surface area contributed by atoms with Crippen LogP contribution in [-0.4, -0.2) is 0 Å². The second-order valence-electron chi connectivity index (χ2n) is 10.3. The zero-order chi connectivity index (χ0) is 25.1. The van der Waals surface area contributed by atoms with Crippen molar-refractivity contribution < 1.29 is 0 Å². The molecule has 0 aromatic heterocycles. The van der Waals surface area contributed by atoms with Crippen molar-refractivity contribution in [3.63, 3.8) is 0 Å². The van der Waals surface area contributed by atoms with E-state index in [-0.39, 0.29) is 0 Å². The number of aryl methyl sites for hydroxylation is 6. The van der Waals surface area contributed by atoms with Gasteiger partial charge in [0.25, 0.3) is 0 Å². The summed E-state index contributed by atoms with van der Waals surface area (Å²) in [5, 5.41) is 9.20. The van der Waals surface area contributed by atoms with Crippen LogP contribution < -0.4 is 10.7 Å². The van der Waals surface area contributed by atoms with Crippen LogP contribution in [0.4, 0.5) is 11.4 Å². The third kappa shape index (κ3) is 3.48. The van der Waals surface area contributed by atoms with Crippen LogP contribution in [0.25, 0.3) is 32.3 Å². The molecule has 0 heterocycles. The van der Waals surface area contributed by atoms with E-state index < -0.39 is 0 Å². The van der Waals surface area contributed by atoms with E-state index in [0.29, 0.717) is 0 Å². The number of nitrogens with zero attached hydrogens (tertiary/aromatic N) is 2. The van der Waals surface area contributed by atoms with Gasteiger partial charge in [0.15, 0.2) is 0 Å². The van der Waals surface area contributed by atoms with Crippen molar-refractivity contribution in [2.24, 2.45) is 9.98 Å². The SMILES string of the molecule is Cc1cc(C)c(N=c2c(=Nc3c(C)cc(C)cc3C)c3cccc4ccc5cccc2c5c43)c(C)c1. The van der Waals surface area contributed by atoms with Gasteiger partial charge < -0.3 is 0 Å². The van der Waals surface area contributed by atoms with Gasteiger partial charge in [0.05, 0.1) is 22.1 Å². The Labute approximate surface area is 212 Å². The molecule has 0 bridgehead atoms. The number of rotatable bonds is 2. The smallest absolute Gasteiger partial charge is 0.0979 e. The van der Waals surface area contributed by atoms with Crippen LogP contribution >= 0.6 is 0 Å². The Kier molecular flexibility index (Phi) is 5.15. The highest BCUT2D eigenvalue weighted by Gasteiger charge is 2.14. The van der Waals surface area contributed by atoms with Gasteiger partial charge in [0, 0.05) is 10.8 Å². The molecule has 0 saturated carbocycles. The molecule has 6 aromatic carbocycles. The second-order valence-corrected chi connectivity index (χ2v) is 10.3. The molecular formula is C34H30N2. The summed E-state index contributed by atoms with van der Waals surface area (Å²) in [4.78, 5) is 10.8. The second kappa shape index (κ2) is 8.27. The van der Waals surface area contributed by atoms with Crippen LogP contribution in [0.15, 0.2) is 82.8 Å². The summed E-state index contributed by atoms with van der Waals surface area (Å²) in [7, 11) is 0. The summed E-state index contributed by atoms with van der Waals surface area (Å²) in [6, 6.07) is 26.4. The number of hydrogen-bond acceptors (Lipinski definition) is 2. The van der Waals surface area contributed by atoms with Crippen LogP contribution in [0, 0.1) is 41.5 Å². The lowest BCUT2D eigenvalue weighted by atomic mass is 9.93. The van der Waals surface area contributed by atoms with E-state index in [1.54, 1.807) is 0 Å². The maximum absolute atomic E-state index is 5.41. The summed E-state index contributed by atoms with van der Waals surface area (Å²) in [5.41, 5.74) is 9.33. The average molecular weight is 467 g/mol. The monoisotopic (exact) mass is 466 g/mol. The molecule has 0 aliphatic carbocycles. The quantitative estimate of drug-likeness (QED) is 0.229. The van der Waals surface area contributed by atoms with E-state index in [2.05, 4.69) is 114 Å². The van der Waals surface area contributed by atoms with Crippen molar-refractivity contribution in [2.75, 3.05) is 0 Å². The largest absolute Gasteiger partial charge is 0.246 e. The fourth-order valence-corrected chi connectivity index (χ4v) is 5.95. The standard InChI is InChI=1S/C34H30N2/c1-19-15-21(3)31(22(4)16-19)35-33-27-11-7-9-25-13-14-26-10-8-12-28(30(26)29(25)27)34(33)36-32-23(5)17-20(2)18-24(32)6/h7-18H,1-6H3. The minimum atomic E-state index is 0.946. The number of benzene rings is 6. The predicted molar refractivity (Wildman–Crippen MR) is 153 cm³/mol. The van der Waals surface area contributed by atoms with E-state index in [1.807, 2.05) is 0 Å². The van der Waals surface area contributed by atoms with E-state index in [4.69, 9.17) is 9.98 Å². The fourth-order valence-electron chi connectivity index (χ4n) is 5.95. The van der Waals surface area contributed by atoms with Gasteiger partial charge in [-0.3, -0.25) is 0 Å². The normalized spacial score (nSPS) is 13.1. The van der Waals surface area contributed by atoms with E-state index in [0.717, 1.165) is 32.9 Å². The fraction of sp³-hybridized carbons (Fsp3) is 0.176. The van der Waals surface area contributed by atoms with Gasteiger partial charge in [-0.25, -0.2) is 9.98 Å². The van der Waals surface area contributed by atoms with Crippen LogP contribution in [-0.2, 0) is 0 Å². The lowest BCUT2D eigenvalue weighted by Crippen LogP contribution is -2.27. The summed E-state index contributed by atoms with van der Waals surface area (Å²) in [5.74, 6) is 0. The van der Waals surface area contributed by atoms with Crippen molar-refractivity contribution >= 4 is 43.7 Å². The van der Waals surface area contributed by atoms with Gasteiger partial charge in [0.1, 0.15) is 0 Å². The average Bonchev–Trinajstić information content (AvgIpc) is 2.83. The lowest BCUT2D eigenvalue weighted by molar-refractivity contribution is 1.20. The maximum Gasteiger partial charge on any atom is 0.0979 e. The van der Waals surface area contributed by atoms with E-state index in [9.17, 15) is 0 Å². The Hall–Kier alpha value is -4.04. The van der Waals surface area contributed by atoms with Crippen molar-refractivity contribution in [3.8, 4) is 0 Å². The minimum Gasteiger partial charge on any atom is -0.246 e. The van der Waals surface area contributed by atoms with Crippen molar-refractivity contribution in [3.05, 3.63) is 117 Å². The summed E-state index contributed by atoms with van der Waals surface area (Å²) in [6.07, 6.45) is 0. The molecule has 2 nitrogen and oxygen atoms in total. The molecule has 0 aliphatic heterocycles. The Balaban J connectivity index is 1.91. The predicted octanol–water partition coefficient (Wildman–Crippen LogP) is 8.34. The lowest BCUT2D eigenvalue weighted by Gasteiger charge is -2.14. The van der Waals surface area contributed by atoms with Gasteiger partial charge in [0.2, 0.25) is 0 Å². The minimum absolute atomic E-state index is 0.946. The summed E-state index contributed by atoms with van der Waals surface area (Å²) < 4.78 is 0.